The standard InChI is InChI=1S/C19H24N2O2/c1-15-6-3-4-8-17(15)13-21-19(22)14-20-11-10-16-7-5-9-18(12-16)23-2/h3-9,12,20H,10-11,13-14H2,1-2H3,(H,21,22). The number of aryl methyl sites for hydroxylation is 1. The third kappa shape index (κ3) is 5.75. The molecule has 2 rings (SSSR count). The number of methoxy groups -OCH3 is 1. The quantitative estimate of drug-likeness (QED) is 0.736. The minimum absolute atomic E-state index is 0.0129. The minimum atomic E-state index is 0.0129. The van der Waals surface area contributed by atoms with Gasteiger partial charge in [0.2, 0.25) is 5.91 Å². The van der Waals surface area contributed by atoms with Gasteiger partial charge in [0.15, 0.2) is 0 Å². The minimum Gasteiger partial charge on any atom is -0.497 e. The number of nitrogens with one attached hydrogen (secondary N) is 2. The Hall–Kier alpha value is -2.33. The molecule has 2 N–H and O–H groups in total. The predicted molar refractivity (Wildman–Crippen MR) is 92.6 cm³/mol. The molecule has 0 spiro atoms. The SMILES string of the molecule is COc1cccc(CCNCC(=O)NCc2ccccc2C)c1. The van der Waals surface area contributed by atoms with Gasteiger partial charge in [-0.25, -0.2) is 0 Å². The zero-order chi connectivity index (χ0) is 16.5. The molecule has 0 saturated carbocycles. The van der Waals surface area contributed by atoms with Gasteiger partial charge >= 0.3 is 0 Å². The highest BCUT2D eigenvalue weighted by atomic mass is 16.5. The Kier molecular flexibility index (Phi) is 6.63. The molecule has 0 fully saturated rings. The Bertz CT molecular complexity index is 641. The first-order chi connectivity index (χ1) is 11.2. The second-order valence-electron chi connectivity index (χ2n) is 5.48. The average Bonchev–Trinajstić information content (AvgIpc) is 2.58. The molecule has 2 aromatic rings. The fourth-order valence-corrected chi connectivity index (χ4v) is 2.33. The highest BCUT2D eigenvalue weighted by Crippen LogP contribution is 2.12. The zero-order valence-corrected chi connectivity index (χ0v) is 13.8. The van der Waals surface area contributed by atoms with E-state index in [1.54, 1.807) is 7.11 Å². The largest absolute Gasteiger partial charge is 0.497 e. The summed E-state index contributed by atoms with van der Waals surface area (Å²) in [7, 11) is 1.66. The molecule has 122 valence electrons. The topological polar surface area (TPSA) is 50.4 Å². The van der Waals surface area contributed by atoms with E-state index >= 15 is 0 Å². The van der Waals surface area contributed by atoms with Crippen molar-refractivity contribution in [3.05, 3.63) is 65.2 Å². The Balaban J connectivity index is 1.66. The van der Waals surface area contributed by atoms with E-state index in [9.17, 15) is 4.79 Å². The molecule has 0 heterocycles. The van der Waals surface area contributed by atoms with Gasteiger partial charge in [0, 0.05) is 6.54 Å². The number of ether oxygens (including phenoxy) is 1. The van der Waals surface area contributed by atoms with Gasteiger partial charge in [-0.3, -0.25) is 4.79 Å². The smallest absolute Gasteiger partial charge is 0.234 e. The zero-order valence-electron chi connectivity index (χ0n) is 13.8. The van der Waals surface area contributed by atoms with Crippen molar-refractivity contribution in [3.63, 3.8) is 0 Å². The molecule has 4 heteroatoms. The first-order valence-corrected chi connectivity index (χ1v) is 7.84. The number of hydrogen-bond acceptors (Lipinski definition) is 3. The normalized spacial score (nSPS) is 10.3. The summed E-state index contributed by atoms with van der Waals surface area (Å²) in [4.78, 5) is 11.8. The van der Waals surface area contributed by atoms with Crippen LogP contribution in [-0.4, -0.2) is 26.1 Å². The number of rotatable bonds is 8. The van der Waals surface area contributed by atoms with E-state index in [2.05, 4.69) is 16.7 Å². The van der Waals surface area contributed by atoms with Gasteiger partial charge in [0.1, 0.15) is 5.75 Å². The molecule has 1 amide bonds. The Morgan fingerprint density at radius 3 is 2.74 bits per heavy atom. The monoisotopic (exact) mass is 312 g/mol. The molecular weight excluding hydrogens is 288 g/mol. The predicted octanol–water partition coefficient (Wildman–Crippen LogP) is 2.45. The maximum absolute atomic E-state index is 11.8. The number of amides is 1. The van der Waals surface area contributed by atoms with E-state index in [1.807, 2.05) is 49.4 Å². The average molecular weight is 312 g/mol. The third-order valence-electron chi connectivity index (χ3n) is 3.75. The van der Waals surface area contributed by atoms with Crippen LogP contribution in [0.2, 0.25) is 0 Å². The van der Waals surface area contributed by atoms with E-state index < -0.39 is 0 Å². The van der Waals surface area contributed by atoms with Crippen LogP contribution in [0.3, 0.4) is 0 Å². The summed E-state index contributed by atoms with van der Waals surface area (Å²) in [6.07, 6.45) is 0.863. The van der Waals surface area contributed by atoms with Crippen molar-refractivity contribution in [2.75, 3.05) is 20.2 Å². The lowest BCUT2D eigenvalue weighted by Gasteiger charge is -2.09. The number of carbonyl (C=O) groups excluding carboxylic acids is 1. The van der Waals surface area contributed by atoms with E-state index in [-0.39, 0.29) is 5.91 Å². The highest BCUT2D eigenvalue weighted by molar-refractivity contribution is 5.78. The van der Waals surface area contributed by atoms with Gasteiger partial charge in [0.25, 0.3) is 0 Å². The second kappa shape index (κ2) is 8.96. The number of benzene rings is 2. The molecule has 0 saturated heterocycles. The molecule has 0 unspecified atom stereocenters. The van der Waals surface area contributed by atoms with Crippen LogP contribution >= 0.6 is 0 Å². The molecule has 2 aromatic carbocycles. The molecule has 0 aliphatic carbocycles. The van der Waals surface area contributed by atoms with Gasteiger partial charge in [-0.1, -0.05) is 36.4 Å². The van der Waals surface area contributed by atoms with Gasteiger partial charge < -0.3 is 15.4 Å². The van der Waals surface area contributed by atoms with Gasteiger partial charge in [0.05, 0.1) is 13.7 Å². The van der Waals surface area contributed by atoms with Crippen LogP contribution in [0.1, 0.15) is 16.7 Å². The van der Waals surface area contributed by atoms with E-state index in [1.165, 1.54) is 11.1 Å². The summed E-state index contributed by atoms with van der Waals surface area (Å²) in [6, 6.07) is 16.0. The second-order valence-corrected chi connectivity index (χ2v) is 5.48. The molecule has 0 aromatic heterocycles. The number of hydrogen-bond donors (Lipinski definition) is 2. The highest BCUT2D eigenvalue weighted by Gasteiger charge is 2.02. The van der Waals surface area contributed by atoms with Crippen molar-refractivity contribution in [2.24, 2.45) is 0 Å². The molecule has 23 heavy (non-hydrogen) atoms. The van der Waals surface area contributed by atoms with Gasteiger partial charge in [-0.15, -0.1) is 0 Å². The molecule has 0 aliphatic rings. The van der Waals surface area contributed by atoms with Crippen molar-refractivity contribution < 1.29 is 9.53 Å². The first kappa shape index (κ1) is 17.0. The van der Waals surface area contributed by atoms with Crippen molar-refractivity contribution in [1.82, 2.24) is 10.6 Å². The maximum atomic E-state index is 11.8. The van der Waals surface area contributed by atoms with Crippen LogP contribution in [-0.2, 0) is 17.8 Å². The lowest BCUT2D eigenvalue weighted by molar-refractivity contribution is -0.120. The Morgan fingerprint density at radius 1 is 1.13 bits per heavy atom. The van der Waals surface area contributed by atoms with Crippen molar-refractivity contribution in [1.29, 1.82) is 0 Å². The molecule has 4 nitrogen and oxygen atoms in total. The lowest BCUT2D eigenvalue weighted by Crippen LogP contribution is -2.34. The summed E-state index contributed by atoms with van der Waals surface area (Å²) >= 11 is 0. The summed E-state index contributed by atoms with van der Waals surface area (Å²) in [5, 5.41) is 6.10. The molecule has 0 atom stereocenters. The summed E-state index contributed by atoms with van der Waals surface area (Å²) < 4.78 is 5.20. The molecular formula is C19H24N2O2. The van der Waals surface area contributed by atoms with Crippen LogP contribution in [0.25, 0.3) is 0 Å². The lowest BCUT2D eigenvalue weighted by atomic mass is 10.1. The fourth-order valence-electron chi connectivity index (χ4n) is 2.33. The van der Waals surface area contributed by atoms with Gasteiger partial charge in [-0.05, 0) is 48.7 Å². The fraction of sp³-hybridized carbons (Fsp3) is 0.316. The molecule has 0 bridgehead atoms. The van der Waals surface area contributed by atoms with Crippen LogP contribution in [0, 0.1) is 6.92 Å². The summed E-state index contributed by atoms with van der Waals surface area (Å²) in [6.45, 7) is 3.71. The van der Waals surface area contributed by atoms with Crippen LogP contribution < -0.4 is 15.4 Å². The van der Waals surface area contributed by atoms with Crippen molar-refractivity contribution >= 4 is 5.91 Å². The Morgan fingerprint density at radius 2 is 1.96 bits per heavy atom. The van der Waals surface area contributed by atoms with E-state index in [0.717, 1.165) is 24.3 Å². The van der Waals surface area contributed by atoms with Crippen LogP contribution in [0.5, 0.6) is 5.75 Å². The summed E-state index contributed by atoms with van der Waals surface area (Å²) in [5.74, 6) is 0.873. The molecule has 0 radical (unpaired) electrons. The third-order valence-corrected chi connectivity index (χ3v) is 3.75. The van der Waals surface area contributed by atoms with Gasteiger partial charge in [-0.2, -0.15) is 0 Å². The van der Waals surface area contributed by atoms with E-state index in [0.29, 0.717) is 13.1 Å². The van der Waals surface area contributed by atoms with Crippen molar-refractivity contribution in [3.8, 4) is 5.75 Å². The first-order valence-electron chi connectivity index (χ1n) is 7.84. The molecule has 0 aliphatic heterocycles. The van der Waals surface area contributed by atoms with Crippen LogP contribution in [0.15, 0.2) is 48.5 Å². The maximum Gasteiger partial charge on any atom is 0.234 e. The Labute approximate surface area is 137 Å². The van der Waals surface area contributed by atoms with Crippen LogP contribution in [0.4, 0.5) is 0 Å². The summed E-state index contributed by atoms with van der Waals surface area (Å²) in [5.41, 5.74) is 3.54. The number of carbonyl (C=O) groups is 1. The van der Waals surface area contributed by atoms with E-state index in [4.69, 9.17) is 4.74 Å². The van der Waals surface area contributed by atoms with Crippen molar-refractivity contribution in [2.45, 2.75) is 19.9 Å².